The van der Waals surface area contributed by atoms with E-state index >= 15 is 0 Å². The molecule has 0 amide bonds. The zero-order chi connectivity index (χ0) is 10.2. The highest BCUT2D eigenvalue weighted by molar-refractivity contribution is 5.80. The van der Waals surface area contributed by atoms with E-state index in [9.17, 15) is 9.59 Å². The lowest BCUT2D eigenvalue weighted by atomic mass is 10.1. The van der Waals surface area contributed by atoms with Crippen LogP contribution in [0.4, 0.5) is 0 Å². The molecule has 0 saturated carbocycles. The van der Waals surface area contributed by atoms with Crippen LogP contribution in [0.25, 0.3) is 0 Å². The first kappa shape index (κ1) is 12.8. The summed E-state index contributed by atoms with van der Waals surface area (Å²) >= 11 is 0. The lowest BCUT2D eigenvalue weighted by molar-refractivity contribution is -0.161. The van der Waals surface area contributed by atoms with Crippen molar-refractivity contribution >= 4 is 11.9 Å². The number of ether oxygens (including phenoxy) is 1. The van der Waals surface area contributed by atoms with Crippen molar-refractivity contribution in [1.82, 2.24) is 0 Å². The van der Waals surface area contributed by atoms with Crippen LogP contribution in [0.15, 0.2) is 0 Å². The highest BCUT2D eigenvalue weighted by atomic mass is 16.6. The third-order valence-electron chi connectivity index (χ3n) is 1.72. The van der Waals surface area contributed by atoms with E-state index < -0.39 is 36.4 Å². The number of aliphatic hydroxyl groups excluding tert-OH is 3. The van der Waals surface area contributed by atoms with Crippen molar-refractivity contribution < 1.29 is 40.2 Å². The molecule has 0 aromatic rings. The first-order valence-electron chi connectivity index (χ1n) is 3.42. The second kappa shape index (κ2) is 4.33. The topological polar surface area (TPSA) is 156 Å². The Morgan fingerprint density at radius 1 is 1.43 bits per heavy atom. The SMILES string of the molecule is O.O=C(O)[C@@H](O)[C@H]1OC(=O)[C@H](O)[C@H]1O. The molecule has 4 atom stereocenters. The van der Waals surface area contributed by atoms with Crippen LogP contribution in [-0.4, -0.2) is 62.3 Å². The maximum atomic E-state index is 10.6. The summed E-state index contributed by atoms with van der Waals surface area (Å²) in [6.07, 6.45) is -7.14. The fourth-order valence-corrected chi connectivity index (χ4v) is 0.984. The molecule has 6 N–H and O–H groups in total. The minimum atomic E-state index is -2.03. The monoisotopic (exact) mass is 210 g/mol. The molecule has 14 heavy (non-hydrogen) atoms. The van der Waals surface area contributed by atoms with E-state index in [0.29, 0.717) is 0 Å². The number of carboxylic acids is 1. The Morgan fingerprint density at radius 2 is 1.93 bits per heavy atom. The zero-order valence-corrected chi connectivity index (χ0v) is 6.82. The Kier molecular flexibility index (Phi) is 3.95. The van der Waals surface area contributed by atoms with E-state index in [2.05, 4.69) is 4.74 Å². The van der Waals surface area contributed by atoms with Gasteiger partial charge in [-0.05, 0) is 0 Å². The summed E-state index contributed by atoms with van der Waals surface area (Å²) in [5.74, 6) is -2.77. The molecule has 0 bridgehead atoms. The third kappa shape index (κ3) is 1.99. The number of carbonyl (C=O) groups is 2. The molecule has 0 radical (unpaired) electrons. The van der Waals surface area contributed by atoms with Crippen molar-refractivity contribution in [2.24, 2.45) is 0 Å². The Labute approximate surface area is 77.7 Å². The van der Waals surface area contributed by atoms with Gasteiger partial charge in [0.1, 0.15) is 6.10 Å². The van der Waals surface area contributed by atoms with E-state index in [4.69, 9.17) is 20.4 Å². The molecule has 8 nitrogen and oxygen atoms in total. The molecule has 1 aliphatic heterocycles. The number of carbonyl (C=O) groups excluding carboxylic acids is 1. The number of carboxylic acid groups (broad SMARTS) is 1. The van der Waals surface area contributed by atoms with Crippen LogP contribution < -0.4 is 0 Å². The largest absolute Gasteiger partial charge is 0.479 e. The molecule has 1 heterocycles. The molecule has 0 aliphatic carbocycles. The quantitative estimate of drug-likeness (QED) is 0.341. The Bertz CT molecular complexity index is 238. The van der Waals surface area contributed by atoms with Crippen molar-refractivity contribution in [1.29, 1.82) is 0 Å². The number of aliphatic carboxylic acids is 1. The second-order valence-corrected chi connectivity index (χ2v) is 2.62. The lowest BCUT2D eigenvalue weighted by Gasteiger charge is -2.15. The molecule has 1 fully saturated rings. The zero-order valence-electron chi connectivity index (χ0n) is 6.82. The third-order valence-corrected chi connectivity index (χ3v) is 1.72. The van der Waals surface area contributed by atoms with E-state index in [1.54, 1.807) is 0 Å². The Morgan fingerprint density at radius 3 is 2.21 bits per heavy atom. The van der Waals surface area contributed by atoms with Crippen LogP contribution in [0, 0.1) is 0 Å². The van der Waals surface area contributed by atoms with Gasteiger partial charge in [0.2, 0.25) is 0 Å². The average molecular weight is 210 g/mol. The number of hydrogen-bond donors (Lipinski definition) is 4. The number of rotatable bonds is 2. The number of esters is 1. The van der Waals surface area contributed by atoms with Gasteiger partial charge >= 0.3 is 11.9 Å². The summed E-state index contributed by atoms with van der Waals surface area (Å²) in [4.78, 5) is 20.8. The molecule has 1 rings (SSSR count). The fraction of sp³-hybridized carbons (Fsp3) is 0.667. The summed E-state index contributed by atoms with van der Waals surface area (Å²) in [7, 11) is 0. The minimum Gasteiger partial charge on any atom is -0.479 e. The van der Waals surface area contributed by atoms with Crippen molar-refractivity contribution in [3.8, 4) is 0 Å². The Balaban J connectivity index is 0.00000169. The second-order valence-electron chi connectivity index (χ2n) is 2.62. The molecule has 1 saturated heterocycles. The van der Waals surface area contributed by atoms with Crippen molar-refractivity contribution in [2.45, 2.75) is 24.4 Å². The van der Waals surface area contributed by atoms with Gasteiger partial charge in [-0.3, -0.25) is 0 Å². The van der Waals surface area contributed by atoms with Crippen molar-refractivity contribution in [3.63, 3.8) is 0 Å². The summed E-state index contributed by atoms with van der Waals surface area (Å²) in [5.41, 5.74) is 0. The van der Waals surface area contributed by atoms with Crippen LogP contribution in [0.5, 0.6) is 0 Å². The summed E-state index contributed by atoms with van der Waals surface area (Å²) in [6, 6.07) is 0. The van der Waals surface area contributed by atoms with Gasteiger partial charge in [-0.2, -0.15) is 0 Å². The molecule has 0 aromatic heterocycles. The number of cyclic esters (lactones) is 1. The molecule has 82 valence electrons. The standard InChI is InChI=1S/C6H8O7.H2O/c7-1-2(8)6(12)13-4(1)3(9)5(10)11;/h1-4,7-9H,(H,10,11);1H2/t1-,2-,3+,4+;/m1./s1. The normalized spacial score (nSPS) is 33.1. The first-order chi connectivity index (χ1) is 5.95. The summed E-state index contributed by atoms with van der Waals surface area (Å²) in [5, 5.41) is 35.0. The lowest BCUT2D eigenvalue weighted by Crippen LogP contribution is -2.42. The van der Waals surface area contributed by atoms with Gasteiger partial charge in [-0.25, -0.2) is 9.59 Å². The molecular formula is C6H10O8. The molecule has 1 aliphatic rings. The van der Waals surface area contributed by atoms with Crippen molar-refractivity contribution in [3.05, 3.63) is 0 Å². The Hall–Kier alpha value is -1.22. The van der Waals surface area contributed by atoms with Gasteiger partial charge < -0.3 is 30.6 Å². The van der Waals surface area contributed by atoms with Gasteiger partial charge in [0.25, 0.3) is 0 Å². The molecule has 0 unspecified atom stereocenters. The van der Waals surface area contributed by atoms with Crippen LogP contribution in [0.3, 0.4) is 0 Å². The van der Waals surface area contributed by atoms with Gasteiger partial charge in [-0.15, -0.1) is 0 Å². The predicted octanol–water partition coefficient (Wildman–Crippen LogP) is -3.75. The summed E-state index contributed by atoms with van der Waals surface area (Å²) < 4.78 is 4.24. The van der Waals surface area contributed by atoms with Gasteiger partial charge in [0.15, 0.2) is 18.3 Å². The molecular weight excluding hydrogens is 200 g/mol. The summed E-state index contributed by atoms with van der Waals surface area (Å²) in [6.45, 7) is 0. The van der Waals surface area contributed by atoms with E-state index in [1.807, 2.05) is 0 Å². The maximum absolute atomic E-state index is 10.6. The molecule has 8 heteroatoms. The van der Waals surface area contributed by atoms with Crippen molar-refractivity contribution in [2.75, 3.05) is 0 Å². The van der Waals surface area contributed by atoms with Crippen LogP contribution in [0.1, 0.15) is 0 Å². The van der Waals surface area contributed by atoms with E-state index in [0.717, 1.165) is 0 Å². The van der Waals surface area contributed by atoms with Gasteiger partial charge in [-0.1, -0.05) is 0 Å². The van der Waals surface area contributed by atoms with E-state index in [1.165, 1.54) is 0 Å². The van der Waals surface area contributed by atoms with Crippen LogP contribution >= 0.6 is 0 Å². The first-order valence-corrected chi connectivity index (χ1v) is 3.42. The fourth-order valence-electron chi connectivity index (χ4n) is 0.984. The predicted molar refractivity (Wildman–Crippen MR) is 39.2 cm³/mol. The van der Waals surface area contributed by atoms with Crippen LogP contribution in [-0.2, 0) is 14.3 Å². The molecule has 0 aromatic carbocycles. The smallest absolute Gasteiger partial charge is 0.338 e. The van der Waals surface area contributed by atoms with E-state index in [-0.39, 0.29) is 5.48 Å². The maximum Gasteiger partial charge on any atom is 0.338 e. The minimum absolute atomic E-state index is 0. The highest BCUT2D eigenvalue weighted by Crippen LogP contribution is 2.18. The number of hydrogen-bond acceptors (Lipinski definition) is 6. The van der Waals surface area contributed by atoms with Gasteiger partial charge in [0, 0.05) is 0 Å². The van der Waals surface area contributed by atoms with Gasteiger partial charge in [0.05, 0.1) is 0 Å². The van der Waals surface area contributed by atoms with Crippen LogP contribution in [0.2, 0.25) is 0 Å². The highest BCUT2D eigenvalue weighted by Gasteiger charge is 2.48. The molecule has 0 spiro atoms. The number of aliphatic hydroxyl groups is 3. The average Bonchev–Trinajstić information content (AvgIpc) is 2.31.